The average Bonchev–Trinajstić information content (AvgIpc) is 2.81. The van der Waals surface area contributed by atoms with Gasteiger partial charge in [-0.3, -0.25) is 0 Å². The van der Waals surface area contributed by atoms with Crippen LogP contribution in [-0.2, 0) is 6.42 Å². The van der Waals surface area contributed by atoms with E-state index in [0.717, 1.165) is 10.9 Å². The van der Waals surface area contributed by atoms with Crippen molar-refractivity contribution in [2.24, 2.45) is 0 Å². The number of hydrogen-bond acceptors (Lipinski definition) is 0. The summed E-state index contributed by atoms with van der Waals surface area (Å²) in [6.07, 6.45) is 0.960. The Labute approximate surface area is 193 Å². The van der Waals surface area contributed by atoms with Crippen LogP contribution in [0, 0.1) is 6.92 Å². The molecule has 0 bridgehead atoms. The smallest absolute Gasteiger partial charge is 0.0175 e. The predicted octanol–water partition coefficient (Wildman–Crippen LogP) is 8.86. The zero-order valence-corrected chi connectivity index (χ0v) is 19.2. The van der Waals surface area contributed by atoms with Crippen LogP contribution in [0.3, 0.4) is 0 Å². The molecule has 0 aliphatic carbocycles. The number of rotatable bonds is 3. The molecule has 0 saturated carbocycles. The van der Waals surface area contributed by atoms with Crippen LogP contribution in [0.15, 0.2) is 126 Å². The number of hydrogen-bond donors (Lipinski definition) is 0. The van der Waals surface area contributed by atoms with Gasteiger partial charge in [-0.25, -0.2) is 0 Å². The van der Waals surface area contributed by atoms with E-state index in [4.69, 9.17) is 0 Å². The Morgan fingerprint density at radius 1 is 0.548 bits per heavy atom. The zero-order chi connectivity index (χ0) is 21.5. The highest BCUT2D eigenvalue weighted by Crippen LogP contribution is 2.25. The largest absolute Gasteiger partial charge is 0.0622 e. The molecule has 0 nitrogen and oxygen atoms in total. The maximum atomic E-state index is 3.49. The highest BCUT2D eigenvalue weighted by Gasteiger charge is 2.03. The van der Waals surface area contributed by atoms with Gasteiger partial charge in [-0.1, -0.05) is 131 Å². The van der Waals surface area contributed by atoms with Crippen LogP contribution >= 0.6 is 15.9 Å². The third-order valence-corrected chi connectivity index (χ3v) is 5.88. The number of halogens is 1. The second kappa shape index (κ2) is 10.2. The van der Waals surface area contributed by atoms with Crippen LogP contribution < -0.4 is 0 Å². The molecule has 0 unspecified atom stereocenters. The summed E-state index contributed by atoms with van der Waals surface area (Å²) in [5, 5.41) is 2.65. The Balaban J connectivity index is 0.000000282. The van der Waals surface area contributed by atoms with E-state index < -0.39 is 0 Å². The van der Waals surface area contributed by atoms with Crippen molar-refractivity contribution < 1.29 is 0 Å². The van der Waals surface area contributed by atoms with Gasteiger partial charge in [-0.05, 0) is 58.5 Å². The molecule has 5 aromatic rings. The summed E-state index contributed by atoms with van der Waals surface area (Å²) in [5.41, 5.74) is 6.54. The first-order valence-electron chi connectivity index (χ1n) is 10.5. The van der Waals surface area contributed by atoms with Gasteiger partial charge in [-0.2, -0.15) is 0 Å². The predicted molar refractivity (Wildman–Crippen MR) is 138 cm³/mol. The third-order valence-electron chi connectivity index (χ3n) is 5.35. The SMILES string of the molecule is Brc1ccc(-c2ccc(Cc3cccc4ccccc34)cc2)cc1.Cc1ccccc1. The normalized spacial score (nSPS) is 10.4. The van der Waals surface area contributed by atoms with Gasteiger partial charge in [0.2, 0.25) is 0 Å². The molecule has 0 aliphatic rings. The minimum Gasteiger partial charge on any atom is -0.0622 e. The summed E-state index contributed by atoms with van der Waals surface area (Å²) in [6.45, 7) is 2.08. The van der Waals surface area contributed by atoms with Gasteiger partial charge in [0, 0.05) is 4.47 Å². The van der Waals surface area contributed by atoms with Crippen molar-refractivity contribution in [3.8, 4) is 11.1 Å². The maximum absolute atomic E-state index is 3.49. The lowest BCUT2D eigenvalue weighted by atomic mass is 9.97. The summed E-state index contributed by atoms with van der Waals surface area (Å²) in [4.78, 5) is 0. The molecule has 0 N–H and O–H groups in total. The fourth-order valence-corrected chi connectivity index (χ4v) is 3.92. The summed E-state index contributed by atoms with van der Waals surface area (Å²) in [7, 11) is 0. The minimum atomic E-state index is 0.960. The van der Waals surface area contributed by atoms with Gasteiger partial charge in [0.25, 0.3) is 0 Å². The molecule has 0 amide bonds. The molecule has 0 aromatic heterocycles. The molecule has 152 valence electrons. The van der Waals surface area contributed by atoms with Crippen LogP contribution in [0.1, 0.15) is 16.7 Å². The van der Waals surface area contributed by atoms with E-state index in [0.29, 0.717) is 0 Å². The average molecular weight is 465 g/mol. The van der Waals surface area contributed by atoms with Crippen LogP contribution in [0.25, 0.3) is 21.9 Å². The molecule has 0 heterocycles. The highest BCUT2D eigenvalue weighted by atomic mass is 79.9. The molecular weight excluding hydrogens is 440 g/mol. The molecule has 0 radical (unpaired) electrons. The van der Waals surface area contributed by atoms with E-state index >= 15 is 0 Å². The topological polar surface area (TPSA) is 0 Å². The van der Waals surface area contributed by atoms with E-state index in [1.54, 1.807) is 0 Å². The second-order valence-electron chi connectivity index (χ2n) is 7.67. The van der Waals surface area contributed by atoms with Crippen molar-refractivity contribution in [3.05, 3.63) is 142 Å². The molecule has 1 heteroatoms. The molecular formula is C30H25Br. The first-order chi connectivity index (χ1) is 15.2. The van der Waals surface area contributed by atoms with Gasteiger partial charge >= 0.3 is 0 Å². The van der Waals surface area contributed by atoms with E-state index in [1.165, 1.54) is 38.6 Å². The first kappa shape index (κ1) is 21.1. The molecule has 31 heavy (non-hydrogen) atoms. The fourth-order valence-electron chi connectivity index (χ4n) is 3.66. The Morgan fingerprint density at radius 3 is 1.77 bits per heavy atom. The lowest BCUT2D eigenvalue weighted by Crippen LogP contribution is -1.90. The van der Waals surface area contributed by atoms with Crippen molar-refractivity contribution in [1.29, 1.82) is 0 Å². The Morgan fingerprint density at radius 2 is 1.13 bits per heavy atom. The highest BCUT2D eigenvalue weighted by molar-refractivity contribution is 9.10. The molecule has 5 rings (SSSR count). The minimum absolute atomic E-state index is 0.960. The lowest BCUT2D eigenvalue weighted by Gasteiger charge is -2.08. The molecule has 5 aromatic carbocycles. The molecule has 0 saturated heterocycles. The van der Waals surface area contributed by atoms with E-state index in [2.05, 4.69) is 126 Å². The summed E-state index contributed by atoms with van der Waals surface area (Å²) >= 11 is 3.49. The molecule has 0 aliphatic heterocycles. The lowest BCUT2D eigenvalue weighted by molar-refractivity contribution is 1.21. The summed E-state index contributed by atoms with van der Waals surface area (Å²) < 4.78 is 1.11. The molecule has 0 spiro atoms. The zero-order valence-electron chi connectivity index (χ0n) is 17.6. The van der Waals surface area contributed by atoms with E-state index in [9.17, 15) is 0 Å². The maximum Gasteiger partial charge on any atom is 0.0175 e. The van der Waals surface area contributed by atoms with Crippen LogP contribution in [-0.4, -0.2) is 0 Å². The number of benzene rings is 5. The fraction of sp³-hybridized carbons (Fsp3) is 0.0667. The summed E-state index contributed by atoms with van der Waals surface area (Å²) in [6, 6.07) is 42.8. The van der Waals surface area contributed by atoms with Crippen molar-refractivity contribution >= 4 is 26.7 Å². The van der Waals surface area contributed by atoms with E-state index in [1.807, 2.05) is 18.2 Å². The van der Waals surface area contributed by atoms with Crippen LogP contribution in [0.4, 0.5) is 0 Å². The summed E-state index contributed by atoms with van der Waals surface area (Å²) in [5.74, 6) is 0. The Hall–Kier alpha value is -3.16. The van der Waals surface area contributed by atoms with Gasteiger partial charge in [-0.15, -0.1) is 0 Å². The van der Waals surface area contributed by atoms with Gasteiger partial charge < -0.3 is 0 Å². The van der Waals surface area contributed by atoms with Gasteiger partial charge in [0.1, 0.15) is 0 Å². The van der Waals surface area contributed by atoms with Crippen LogP contribution in [0.5, 0.6) is 0 Å². The number of fused-ring (bicyclic) bond motifs is 1. The second-order valence-corrected chi connectivity index (χ2v) is 8.59. The Kier molecular flexibility index (Phi) is 6.96. The molecule has 0 fully saturated rings. The standard InChI is InChI=1S/C23H17Br.C7H8/c24-22-14-12-19(13-15-22)18-10-8-17(9-11-18)16-21-6-3-5-20-4-1-2-7-23(20)21;1-7-5-3-2-4-6-7/h1-15H,16H2;2-6H,1H3. The molecule has 0 atom stereocenters. The van der Waals surface area contributed by atoms with Crippen molar-refractivity contribution in [3.63, 3.8) is 0 Å². The third kappa shape index (κ3) is 5.71. The van der Waals surface area contributed by atoms with Crippen LogP contribution in [0.2, 0.25) is 0 Å². The van der Waals surface area contributed by atoms with Crippen molar-refractivity contribution in [2.45, 2.75) is 13.3 Å². The van der Waals surface area contributed by atoms with Crippen molar-refractivity contribution in [2.75, 3.05) is 0 Å². The number of aryl methyl sites for hydroxylation is 1. The van der Waals surface area contributed by atoms with Gasteiger partial charge in [0.05, 0.1) is 0 Å². The first-order valence-corrected chi connectivity index (χ1v) is 11.3. The Bertz CT molecular complexity index is 1230. The monoisotopic (exact) mass is 464 g/mol. The van der Waals surface area contributed by atoms with Gasteiger partial charge in [0.15, 0.2) is 0 Å². The van der Waals surface area contributed by atoms with Crippen molar-refractivity contribution in [1.82, 2.24) is 0 Å². The quantitative estimate of drug-likeness (QED) is 0.250. The van der Waals surface area contributed by atoms with E-state index in [-0.39, 0.29) is 0 Å².